The van der Waals surface area contributed by atoms with Crippen LogP contribution in [0.25, 0.3) is 0 Å². The van der Waals surface area contributed by atoms with E-state index in [1.165, 1.54) is 0 Å². The van der Waals surface area contributed by atoms with Gasteiger partial charge in [0.15, 0.2) is 0 Å². The highest BCUT2D eigenvalue weighted by molar-refractivity contribution is 5.38. The summed E-state index contributed by atoms with van der Waals surface area (Å²) in [6.07, 6.45) is 0.132. The molecule has 0 radical (unpaired) electrons. The van der Waals surface area contributed by atoms with Crippen LogP contribution < -0.4 is 0 Å². The van der Waals surface area contributed by atoms with E-state index in [1.54, 1.807) is 25.1 Å². The summed E-state index contributed by atoms with van der Waals surface area (Å²) >= 11 is 0. The van der Waals surface area contributed by atoms with Crippen LogP contribution in [0.5, 0.6) is 0 Å². The fourth-order valence-electron chi connectivity index (χ4n) is 0.923. The molecule has 0 aliphatic heterocycles. The van der Waals surface area contributed by atoms with Gasteiger partial charge < -0.3 is 0 Å². The lowest BCUT2D eigenvalue weighted by Crippen LogP contribution is -1.86. The van der Waals surface area contributed by atoms with Crippen LogP contribution in [-0.4, -0.2) is 0 Å². The average molecular weight is 173 g/mol. The Kier molecular flexibility index (Phi) is 3.06. The van der Waals surface area contributed by atoms with Crippen molar-refractivity contribution in [2.24, 2.45) is 0 Å². The molecule has 0 heterocycles. The normalized spacial score (nSPS) is 8.38. The first-order valence-electron chi connectivity index (χ1n) is 3.86. The van der Waals surface area contributed by atoms with Gasteiger partial charge in [0.1, 0.15) is 5.82 Å². The molecule has 64 valence electrons. The highest BCUT2D eigenvalue weighted by Gasteiger charge is 2.00. The summed E-state index contributed by atoms with van der Waals surface area (Å²) in [4.78, 5) is 0. The van der Waals surface area contributed by atoms with Crippen molar-refractivity contribution in [3.63, 3.8) is 0 Å². The quantitative estimate of drug-likeness (QED) is 0.552. The lowest BCUT2D eigenvalue weighted by atomic mass is 10.1. The third kappa shape index (κ3) is 2.32. The first-order chi connectivity index (χ1) is 6.25. The fraction of sp³-hybridized carbons (Fsp3) is 0.182. The third-order valence-electron chi connectivity index (χ3n) is 1.58. The summed E-state index contributed by atoms with van der Waals surface area (Å²) in [5.74, 6) is 4.88. The number of halogens is 1. The third-order valence-corrected chi connectivity index (χ3v) is 1.58. The predicted octanol–water partition coefficient (Wildman–Crippen LogP) is 2.40. The highest BCUT2D eigenvalue weighted by Crippen LogP contribution is 2.10. The molecule has 0 aliphatic carbocycles. The van der Waals surface area contributed by atoms with E-state index in [1.807, 2.05) is 6.07 Å². The summed E-state index contributed by atoms with van der Waals surface area (Å²) in [6, 6.07) is 6.91. The predicted molar refractivity (Wildman–Crippen MR) is 48.2 cm³/mol. The Hall–Kier alpha value is -1.80. The molecular weight excluding hydrogens is 165 g/mol. The van der Waals surface area contributed by atoms with E-state index < -0.39 is 0 Å². The minimum Gasteiger partial charge on any atom is -0.205 e. The van der Waals surface area contributed by atoms with Crippen molar-refractivity contribution in [3.8, 4) is 17.9 Å². The number of nitrogens with zero attached hydrogens (tertiary/aromatic N) is 1. The lowest BCUT2D eigenvalue weighted by Gasteiger charge is -1.96. The van der Waals surface area contributed by atoms with Gasteiger partial charge in [-0.1, -0.05) is 24.0 Å². The zero-order valence-corrected chi connectivity index (χ0v) is 7.26. The maximum absolute atomic E-state index is 13.2. The summed E-state index contributed by atoms with van der Waals surface area (Å²) in [5, 5.41) is 8.22. The number of rotatable bonds is 0. The molecule has 1 rings (SSSR count). The van der Waals surface area contributed by atoms with Crippen LogP contribution in [0, 0.1) is 35.9 Å². The second kappa shape index (κ2) is 4.28. The number of hydrogen-bond acceptors (Lipinski definition) is 1. The maximum Gasteiger partial charge on any atom is 0.141 e. The maximum atomic E-state index is 13.2. The first-order valence-corrected chi connectivity index (χ1v) is 3.86. The second-order valence-electron chi connectivity index (χ2n) is 2.57. The van der Waals surface area contributed by atoms with Crippen LogP contribution >= 0.6 is 0 Å². The Morgan fingerprint density at radius 3 is 2.92 bits per heavy atom. The van der Waals surface area contributed by atoms with Gasteiger partial charge in [0.05, 0.1) is 18.1 Å². The Labute approximate surface area is 76.8 Å². The second-order valence-corrected chi connectivity index (χ2v) is 2.57. The van der Waals surface area contributed by atoms with Gasteiger partial charge in [0.25, 0.3) is 0 Å². The van der Waals surface area contributed by atoms with Gasteiger partial charge in [0, 0.05) is 0 Å². The van der Waals surface area contributed by atoms with Crippen molar-refractivity contribution >= 4 is 0 Å². The molecule has 0 fully saturated rings. The van der Waals surface area contributed by atoms with Crippen molar-refractivity contribution in [1.29, 1.82) is 5.26 Å². The Morgan fingerprint density at radius 1 is 1.46 bits per heavy atom. The molecule has 0 aromatic heterocycles. The number of aryl methyl sites for hydroxylation is 1. The summed E-state index contributed by atoms with van der Waals surface area (Å²) in [5.41, 5.74) is 0.930. The van der Waals surface area contributed by atoms with E-state index in [4.69, 9.17) is 5.26 Å². The van der Waals surface area contributed by atoms with E-state index >= 15 is 0 Å². The molecule has 1 nitrogen and oxygen atoms in total. The molecule has 0 atom stereocenters. The molecule has 0 amide bonds. The minimum absolute atomic E-state index is 0.132. The topological polar surface area (TPSA) is 23.8 Å². The molecule has 13 heavy (non-hydrogen) atoms. The van der Waals surface area contributed by atoms with E-state index in [2.05, 4.69) is 11.8 Å². The van der Waals surface area contributed by atoms with E-state index in [9.17, 15) is 4.39 Å². The van der Waals surface area contributed by atoms with Gasteiger partial charge in [-0.25, -0.2) is 4.39 Å². The number of benzene rings is 1. The zero-order valence-electron chi connectivity index (χ0n) is 7.26. The van der Waals surface area contributed by atoms with Gasteiger partial charge in [-0.3, -0.25) is 0 Å². The Morgan fingerprint density at radius 2 is 2.23 bits per heavy atom. The fourth-order valence-corrected chi connectivity index (χ4v) is 0.923. The molecule has 0 unspecified atom stereocenters. The van der Waals surface area contributed by atoms with Crippen molar-refractivity contribution < 1.29 is 4.39 Å². The molecule has 0 spiro atoms. The van der Waals surface area contributed by atoms with Crippen molar-refractivity contribution in [2.75, 3.05) is 0 Å². The lowest BCUT2D eigenvalue weighted by molar-refractivity contribution is 0.615. The van der Waals surface area contributed by atoms with Gasteiger partial charge in [-0.05, 0) is 18.6 Å². The SMILES string of the molecule is Cc1cccc(C#CCC#N)c1F. The van der Waals surface area contributed by atoms with Crippen LogP contribution in [0.1, 0.15) is 17.5 Å². The average Bonchev–Trinajstić information content (AvgIpc) is 2.13. The van der Waals surface area contributed by atoms with E-state index in [0.29, 0.717) is 11.1 Å². The Balaban J connectivity index is 2.99. The largest absolute Gasteiger partial charge is 0.205 e. The molecule has 0 saturated carbocycles. The van der Waals surface area contributed by atoms with E-state index in [0.717, 1.165) is 0 Å². The molecular formula is C11H8FN. The summed E-state index contributed by atoms with van der Waals surface area (Å²) in [6.45, 7) is 1.69. The van der Waals surface area contributed by atoms with Crippen molar-refractivity contribution in [2.45, 2.75) is 13.3 Å². The number of nitriles is 1. The smallest absolute Gasteiger partial charge is 0.141 e. The molecule has 0 saturated heterocycles. The Bertz CT molecular complexity index is 404. The van der Waals surface area contributed by atoms with Crippen LogP contribution in [0.2, 0.25) is 0 Å². The van der Waals surface area contributed by atoms with Crippen LogP contribution in [0.3, 0.4) is 0 Å². The van der Waals surface area contributed by atoms with Gasteiger partial charge >= 0.3 is 0 Å². The summed E-state index contributed by atoms with van der Waals surface area (Å²) in [7, 11) is 0. The minimum atomic E-state index is -0.298. The number of hydrogen-bond donors (Lipinski definition) is 0. The first kappa shape index (κ1) is 9.29. The van der Waals surface area contributed by atoms with Crippen LogP contribution in [-0.2, 0) is 0 Å². The standard InChI is InChI=1S/C11H8FN/c1-9-5-4-7-10(11(9)12)6-2-3-8-13/h4-5,7H,3H2,1H3. The van der Waals surface area contributed by atoms with Gasteiger partial charge in [-0.15, -0.1) is 0 Å². The molecule has 0 N–H and O–H groups in total. The van der Waals surface area contributed by atoms with Crippen molar-refractivity contribution in [3.05, 3.63) is 35.1 Å². The molecule has 1 aromatic rings. The van der Waals surface area contributed by atoms with Crippen LogP contribution in [0.4, 0.5) is 4.39 Å². The molecule has 1 aromatic carbocycles. The summed E-state index contributed by atoms with van der Waals surface area (Å²) < 4.78 is 13.2. The van der Waals surface area contributed by atoms with E-state index in [-0.39, 0.29) is 12.2 Å². The van der Waals surface area contributed by atoms with Gasteiger partial charge in [-0.2, -0.15) is 5.26 Å². The highest BCUT2D eigenvalue weighted by atomic mass is 19.1. The van der Waals surface area contributed by atoms with Gasteiger partial charge in [0.2, 0.25) is 0 Å². The monoisotopic (exact) mass is 173 g/mol. The molecule has 0 bridgehead atoms. The molecule has 2 heteroatoms. The molecule has 0 aliphatic rings. The zero-order chi connectivity index (χ0) is 9.68. The van der Waals surface area contributed by atoms with Crippen LogP contribution in [0.15, 0.2) is 18.2 Å². The van der Waals surface area contributed by atoms with Crippen molar-refractivity contribution in [1.82, 2.24) is 0 Å².